The third-order valence-electron chi connectivity index (χ3n) is 4.62. The highest BCUT2D eigenvalue weighted by Gasteiger charge is 2.36. The summed E-state index contributed by atoms with van der Waals surface area (Å²) < 4.78 is 10.6. The first kappa shape index (κ1) is 23.3. The molecule has 1 aliphatic rings. The Kier molecular flexibility index (Phi) is 10.3. The van der Waals surface area contributed by atoms with Crippen molar-refractivity contribution in [1.29, 1.82) is 0 Å². The van der Waals surface area contributed by atoms with E-state index in [-0.39, 0.29) is 48.4 Å². The van der Waals surface area contributed by atoms with Crippen molar-refractivity contribution >= 4 is 17.6 Å². The lowest BCUT2D eigenvalue weighted by Gasteiger charge is -2.18. The first-order valence-electron chi connectivity index (χ1n) is 9.68. The lowest BCUT2D eigenvalue weighted by atomic mass is 9.94. The molecular weight excluding hydrogens is 348 g/mol. The molecule has 0 aromatic rings. The molecule has 0 saturated carbocycles. The number of ether oxygens (including phenoxy) is 2. The van der Waals surface area contributed by atoms with Gasteiger partial charge < -0.3 is 19.7 Å². The van der Waals surface area contributed by atoms with Crippen molar-refractivity contribution in [2.45, 2.75) is 40.5 Å². The Labute approximate surface area is 162 Å². The van der Waals surface area contributed by atoms with Gasteiger partial charge in [0.15, 0.2) is 5.78 Å². The Bertz CT molecular complexity index is 530. The lowest BCUT2D eigenvalue weighted by Crippen LogP contribution is -2.34. The number of hydrogen-bond acceptors (Lipinski definition) is 5. The van der Waals surface area contributed by atoms with Crippen molar-refractivity contribution in [2.75, 3.05) is 39.5 Å². The number of ketones is 1. The molecule has 0 aliphatic carbocycles. The van der Waals surface area contributed by atoms with Gasteiger partial charge in [-0.1, -0.05) is 34.3 Å². The van der Waals surface area contributed by atoms with Gasteiger partial charge in [-0.2, -0.15) is 0 Å². The van der Waals surface area contributed by atoms with E-state index in [2.05, 4.69) is 11.9 Å². The molecule has 1 unspecified atom stereocenters. The predicted molar refractivity (Wildman–Crippen MR) is 103 cm³/mol. The molecule has 1 fully saturated rings. The van der Waals surface area contributed by atoms with E-state index < -0.39 is 0 Å². The van der Waals surface area contributed by atoms with E-state index in [1.54, 1.807) is 4.90 Å². The van der Waals surface area contributed by atoms with Crippen molar-refractivity contribution in [3.05, 3.63) is 12.3 Å². The van der Waals surface area contributed by atoms with Gasteiger partial charge in [0.2, 0.25) is 11.8 Å². The highest BCUT2D eigenvalue weighted by Crippen LogP contribution is 2.31. The molecule has 0 radical (unpaired) electrons. The molecule has 1 heterocycles. The summed E-state index contributed by atoms with van der Waals surface area (Å²) in [4.78, 5) is 37.2. The minimum Gasteiger partial charge on any atom is -0.377 e. The molecule has 154 valence electrons. The molecule has 0 aromatic carbocycles. The molecule has 1 N–H and O–H groups in total. The van der Waals surface area contributed by atoms with E-state index in [0.717, 1.165) is 5.70 Å². The number of nitrogens with one attached hydrogen (secondary N) is 1. The smallest absolute Gasteiger partial charge is 0.230 e. The summed E-state index contributed by atoms with van der Waals surface area (Å²) >= 11 is 0. The van der Waals surface area contributed by atoms with E-state index in [0.29, 0.717) is 39.3 Å². The summed E-state index contributed by atoms with van der Waals surface area (Å²) in [6.45, 7) is 13.6. The van der Waals surface area contributed by atoms with Gasteiger partial charge in [-0.15, -0.1) is 0 Å². The first-order chi connectivity index (χ1) is 12.7. The Morgan fingerprint density at radius 3 is 2.44 bits per heavy atom. The molecule has 27 heavy (non-hydrogen) atoms. The number of amides is 2. The minimum atomic E-state index is -0.119. The first-order valence-corrected chi connectivity index (χ1v) is 9.68. The lowest BCUT2D eigenvalue weighted by molar-refractivity contribution is -0.132. The Hall–Kier alpha value is -1.73. The van der Waals surface area contributed by atoms with Crippen LogP contribution in [0.3, 0.4) is 0 Å². The highest BCUT2D eigenvalue weighted by atomic mass is 16.5. The van der Waals surface area contributed by atoms with Crippen LogP contribution in [0.2, 0.25) is 0 Å². The van der Waals surface area contributed by atoms with Crippen LogP contribution in [-0.4, -0.2) is 62.0 Å². The number of rotatable bonds is 13. The second-order valence-corrected chi connectivity index (χ2v) is 7.50. The van der Waals surface area contributed by atoms with Gasteiger partial charge in [0.05, 0.1) is 19.8 Å². The molecule has 0 aromatic heterocycles. The van der Waals surface area contributed by atoms with Crippen LogP contribution in [0.4, 0.5) is 0 Å². The number of carbonyl (C=O) groups excluding carboxylic acids is 3. The number of carbonyl (C=O) groups is 3. The average molecular weight is 383 g/mol. The molecule has 1 rings (SSSR count). The quantitative estimate of drug-likeness (QED) is 0.491. The summed E-state index contributed by atoms with van der Waals surface area (Å²) in [5.74, 6) is 0.254. The molecular formula is C20H34N2O5. The molecule has 1 saturated heterocycles. The summed E-state index contributed by atoms with van der Waals surface area (Å²) in [7, 11) is 0. The average Bonchev–Trinajstić information content (AvgIpc) is 2.89. The van der Waals surface area contributed by atoms with Crippen LogP contribution in [0.25, 0.3) is 0 Å². The van der Waals surface area contributed by atoms with Gasteiger partial charge in [0.25, 0.3) is 0 Å². The normalized spacial score (nSPS) is 17.3. The molecule has 7 heteroatoms. The zero-order chi connectivity index (χ0) is 20.4. The minimum absolute atomic E-state index is 0.0213. The van der Waals surface area contributed by atoms with Crippen LogP contribution in [0.15, 0.2) is 12.3 Å². The van der Waals surface area contributed by atoms with Crippen molar-refractivity contribution in [3.63, 3.8) is 0 Å². The Balaban J connectivity index is 2.07. The summed E-state index contributed by atoms with van der Waals surface area (Å²) in [5.41, 5.74) is 0.797. The largest absolute Gasteiger partial charge is 0.377 e. The summed E-state index contributed by atoms with van der Waals surface area (Å²) in [6, 6.07) is 0. The van der Waals surface area contributed by atoms with Crippen LogP contribution < -0.4 is 5.32 Å². The van der Waals surface area contributed by atoms with Gasteiger partial charge in [-0.3, -0.25) is 14.4 Å². The van der Waals surface area contributed by atoms with Crippen molar-refractivity contribution in [1.82, 2.24) is 10.2 Å². The molecule has 2 amide bonds. The number of likely N-dealkylation sites (tertiary alicyclic amines) is 1. The van der Waals surface area contributed by atoms with Crippen LogP contribution in [0.5, 0.6) is 0 Å². The molecule has 0 bridgehead atoms. The zero-order valence-corrected chi connectivity index (χ0v) is 17.1. The van der Waals surface area contributed by atoms with E-state index in [9.17, 15) is 14.4 Å². The monoisotopic (exact) mass is 382 g/mol. The fraction of sp³-hybridized carbons (Fsp3) is 0.750. The Morgan fingerprint density at radius 2 is 1.85 bits per heavy atom. The van der Waals surface area contributed by atoms with Gasteiger partial charge in [-0.05, 0) is 12.3 Å². The SMILES string of the molecule is C=C1CC(C(C)C)C(=O)N1CCC(=O)NCCOCCOCC(=O)C(C)C. The zero-order valence-electron chi connectivity index (χ0n) is 17.1. The molecule has 1 atom stereocenters. The standard InChI is InChI=1S/C20H34N2O5/c1-14(2)17-12-16(5)22(20(17)25)8-6-19(24)21-7-9-26-10-11-27-13-18(23)15(3)4/h14-15,17H,5-13H2,1-4H3,(H,21,24). The maximum atomic E-state index is 12.3. The van der Waals surface area contributed by atoms with Crippen LogP contribution >= 0.6 is 0 Å². The summed E-state index contributed by atoms with van der Waals surface area (Å²) in [6.07, 6.45) is 0.923. The number of nitrogens with zero attached hydrogens (tertiary/aromatic N) is 1. The number of Topliss-reactive ketones (excluding diaryl/α,β-unsaturated/α-hetero) is 1. The van der Waals surface area contributed by atoms with E-state index in [1.165, 1.54) is 0 Å². The van der Waals surface area contributed by atoms with Crippen molar-refractivity contribution in [3.8, 4) is 0 Å². The van der Waals surface area contributed by atoms with Crippen molar-refractivity contribution < 1.29 is 23.9 Å². The molecule has 7 nitrogen and oxygen atoms in total. The third-order valence-corrected chi connectivity index (χ3v) is 4.62. The maximum absolute atomic E-state index is 12.3. The van der Waals surface area contributed by atoms with Crippen LogP contribution in [0.1, 0.15) is 40.5 Å². The van der Waals surface area contributed by atoms with Gasteiger partial charge in [0, 0.05) is 37.0 Å². The van der Waals surface area contributed by atoms with Crippen LogP contribution in [-0.2, 0) is 23.9 Å². The van der Waals surface area contributed by atoms with E-state index in [4.69, 9.17) is 9.47 Å². The third kappa shape index (κ3) is 8.22. The number of hydrogen-bond donors (Lipinski definition) is 1. The van der Waals surface area contributed by atoms with Gasteiger partial charge in [0.1, 0.15) is 6.61 Å². The summed E-state index contributed by atoms with van der Waals surface area (Å²) in [5, 5.41) is 2.77. The van der Waals surface area contributed by atoms with Gasteiger partial charge in [-0.25, -0.2) is 0 Å². The maximum Gasteiger partial charge on any atom is 0.230 e. The molecule has 1 aliphatic heterocycles. The van der Waals surface area contributed by atoms with E-state index >= 15 is 0 Å². The molecule has 0 spiro atoms. The fourth-order valence-corrected chi connectivity index (χ4v) is 2.72. The fourth-order valence-electron chi connectivity index (χ4n) is 2.72. The topological polar surface area (TPSA) is 84.9 Å². The highest BCUT2D eigenvalue weighted by molar-refractivity contribution is 5.85. The van der Waals surface area contributed by atoms with E-state index in [1.807, 2.05) is 27.7 Å². The second kappa shape index (κ2) is 11.9. The number of allylic oxidation sites excluding steroid dienone is 1. The van der Waals surface area contributed by atoms with Crippen LogP contribution in [0, 0.1) is 17.8 Å². The van der Waals surface area contributed by atoms with Gasteiger partial charge >= 0.3 is 0 Å². The second-order valence-electron chi connectivity index (χ2n) is 7.50. The van der Waals surface area contributed by atoms with Crippen molar-refractivity contribution in [2.24, 2.45) is 17.8 Å². The Morgan fingerprint density at radius 1 is 1.19 bits per heavy atom. The predicted octanol–water partition coefficient (Wildman–Crippen LogP) is 1.77.